The van der Waals surface area contributed by atoms with Crippen molar-refractivity contribution in [3.63, 3.8) is 0 Å². The van der Waals surface area contributed by atoms with Crippen LogP contribution in [0.4, 0.5) is 4.39 Å². The van der Waals surface area contributed by atoms with Gasteiger partial charge in [0.25, 0.3) is 0 Å². The van der Waals surface area contributed by atoms with Gasteiger partial charge in [0.1, 0.15) is 5.82 Å². The lowest BCUT2D eigenvalue weighted by Crippen LogP contribution is -1.95. The predicted octanol–water partition coefficient (Wildman–Crippen LogP) is 3.45. The summed E-state index contributed by atoms with van der Waals surface area (Å²) in [4.78, 5) is 10.7. The molecule has 0 fully saturated rings. The van der Waals surface area contributed by atoms with Crippen molar-refractivity contribution in [2.75, 3.05) is 0 Å². The molecule has 0 saturated carbocycles. The van der Waals surface area contributed by atoms with Crippen LogP contribution in [0.25, 0.3) is 11.3 Å². The van der Waals surface area contributed by atoms with Crippen molar-refractivity contribution in [1.29, 1.82) is 0 Å². The van der Waals surface area contributed by atoms with Crippen molar-refractivity contribution >= 4 is 17.6 Å². The third-order valence-corrected chi connectivity index (χ3v) is 3.01. The van der Waals surface area contributed by atoms with Crippen LogP contribution < -0.4 is 0 Å². The number of carboxylic acid groups (broad SMARTS) is 1. The normalized spacial score (nSPS) is 10.7. The zero-order valence-corrected chi connectivity index (χ0v) is 10.4. The van der Waals surface area contributed by atoms with Gasteiger partial charge in [-0.05, 0) is 31.0 Å². The van der Waals surface area contributed by atoms with Crippen molar-refractivity contribution in [2.24, 2.45) is 0 Å². The van der Waals surface area contributed by atoms with Gasteiger partial charge >= 0.3 is 5.97 Å². The summed E-state index contributed by atoms with van der Waals surface area (Å²) in [6.45, 7) is 3.20. The highest BCUT2D eigenvalue weighted by molar-refractivity contribution is 6.31. The molecule has 1 aromatic carbocycles. The van der Waals surface area contributed by atoms with Gasteiger partial charge < -0.3 is 9.63 Å². The lowest BCUT2D eigenvalue weighted by Gasteiger charge is -2.08. The average molecular weight is 270 g/mol. The Morgan fingerprint density at radius 2 is 2.11 bits per heavy atom. The molecule has 1 heterocycles. The second-order valence-electron chi connectivity index (χ2n) is 3.87. The molecule has 1 aromatic heterocycles. The topological polar surface area (TPSA) is 63.3 Å². The first-order valence-corrected chi connectivity index (χ1v) is 5.45. The number of benzene rings is 1. The van der Waals surface area contributed by atoms with Crippen LogP contribution in [0.2, 0.25) is 5.02 Å². The van der Waals surface area contributed by atoms with Gasteiger partial charge in [-0.25, -0.2) is 9.18 Å². The molecular formula is C12H9ClFNO3. The lowest BCUT2D eigenvalue weighted by atomic mass is 10.0. The maximum atomic E-state index is 14.0. The Balaban J connectivity index is 2.66. The SMILES string of the molecule is Cc1cc(Cl)c(C)c(-c2cc(C(=O)O)no2)c1F. The molecule has 0 unspecified atom stereocenters. The van der Waals surface area contributed by atoms with Gasteiger partial charge in [0.2, 0.25) is 0 Å². The second-order valence-corrected chi connectivity index (χ2v) is 4.28. The van der Waals surface area contributed by atoms with Gasteiger partial charge in [0.05, 0.1) is 5.56 Å². The first kappa shape index (κ1) is 12.6. The summed E-state index contributed by atoms with van der Waals surface area (Å²) < 4.78 is 18.9. The Kier molecular flexibility index (Phi) is 3.09. The summed E-state index contributed by atoms with van der Waals surface area (Å²) in [5, 5.41) is 12.5. The van der Waals surface area contributed by atoms with Gasteiger partial charge in [-0.15, -0.1) is 0 Å². The van der Waals surface area contributed by atoms with Crippen LogP contribution in [-0.4, -0.2) is 16.2 Å². The molecule has 4 nitrogen and oxygen atoms in total. The summed E-state index contributed by atoms with van der Waals surface area (Å²) in [6.07, 6.45) is 0. The first-order valence-electron chi connectivity index (χ1n) is 5.07. The van der Waals surface area contributed by atoms with Crippen LogP contribution in [0.1, 0.15) is 21.6 Å². The number of rotatable bonds is 2. The number of carbonyl (C=O) groups is 1. The molecule has 94 valence electrons. The molecule has 0 spiro atoms. The summed E-state index contributed by atoms with van der Waals surface area (Å²) in [7, 11) is 0. The fraction of sp³-hybridized carbons (Fsp3) is 0.167. The predicted molar refractivity (Wildman–Crippen MR) is 63.3 cm³/mol. The number of hydrogen-bond donors (Lipinski definition) is 1. The molecule has 2 rings (SSSR count). The van der Waals surface area contributed by atoms with E-state index >= 15 is 0 Å². The maximum absolute atomic E-state index is 14.0. The zero-order chi connectivity index (χ0) is 13.4. The first-order chi connectivity index (χ1) is 8.41. The molecule has 0 atom stereocenters. The fourth-order valence-corrected chi connectivity index (χ4v) is 1.89. The maximum Gasteiger partial charge on any atom is 0.358 e. The van der Waals surface area contributed by atoms with E-state index in [1.807, 2.05) is 0 Å². The molecule has 0 aliphatic heterocycles. The van der Waals surface area contributed by atoms with E-state index in [0.717, 1.165) is 0 Å². The highest BCUT2D eigenvalue weighted by Gasteiger charge is 2.20. The van der Waals surface area contributed by atoms with E-state index in [0.29, 0.717) is 16.1 Å². The molecule has 6 heteroatoms. The molecular weight excluding hydrogens is 261 g/mol. The fourth-order valence-electron chi connectivity index (χ4n) is 1.63. The van der Waals surface area contributed by atoms with E-state index in [1.54, 1.807) is 13.8 Å². The lowest BCUT2D eigenvalue weighted by molar-refractivity contribution is 0.0686. The van der Waals surface area contributed by atoms with Crippen molar-refractivity contribution in [3.05, 3.63) is 39.8 Å². The second kappa shape index (κ2) is 4.42. The average Bonchev–Trinajstić information content (AvgIpc) is 2.76. The minimum atomic E-state index is -1.23. The Morgan fingerprint density at radius 1 is 1.44 bits per heavy atom. The minimum Gasteiger partial charge on any atom is -0.476 e. The quantitative estimate of drug-likeness (QED) is 0.907. The van der Waals surface area contributed by atoms with Gasteiger partial charge in [-0.3, -0.25) is 0 Å². The van der Waals surface area contributed by atoms with E-state index in [2.05, 4.69) is 5.16 Å². The minimum absolute atomic E-state index is 0.0491. The molecule has 18 heavy (non-hydrogen) atoms. The number of aromatic nitrogens is 1. The Hall–Kier alpha value is -1.88. The highest BCUT2D eigenvalue weighted by Crippen LogP contribution is 2.33. The molecule has 0 bridgehead atoms. The van der Waals surface area contributed by atoms with E-state index in [1.165, 1.54) is 12.1 Å². The van der Waals surface area contributed by atoms with E-state index in [-0.39, 0.29) is 17.0 Å². The monoisotopic (exact) mass is 269 g/mol. The Bertz CT molecular complexity index is 610. The largest absolute Gasteiger partial charge is 0.476 e. The zero-order valence-electron chi connectivity index (χ0n) is 9.62. The molecule has 0 saturated heterocycles. The van der Waals surface area contributed by atoms with Crippen LogP contribution >= 0.6 is 11.6 Å². The number of halogens is 2. The van der Waals surface area contributed by atoms with Crippen molar-refractivity contribution in [3.8, 4) is 11.3 Å². The Labute approximate surface area is 107 Å². The van der Waals surface area contributed by atoms with E-state index in [9.17, 15) is 9.18 Å². The van der Waals surface area contributed by atoms with Crippen LogP contribution in [0.3, 0.4) is 0 Å². The Morgan fingerprint density at radius 3 is 2.67 bits per heavy atom. The van der Waals surface area contributed by atoms with Crippen molar-refractivity contribution < 1.29 is 18.8 Å². The summed E-state index contributed by atoms with van der Waals surface area (Å²) in [5.41, 5.74) is 0.697. The van der Waals surface area contributed by atoms with Gasteiger partial charge in [-0.1, -0.05) is 16.8 Å². The third kappa shape index (κ3) is 1.97. The smallest absolute Gasteiger partial charge is 0.358 e. The molecule has 0 aliphatic rings. The summed E-state index contributed by atoms with van der Waals surface area (Å²) in [6, 6.07) is 2.67. The third-order valence-electron chi connectivity index (χ3n) is 2.62. The number of nitrogens with zero attached hydrogens (tertiary/aromatic N) is 1. The molecule has 1 N–H and O–H groups in total. The summed E-state index contributed by atoms with van der Waals surface area (Å²) in [5.74, 6) is -1.68. The molecule has 0 amide bonds. The van der Waals surface area contributed by atoms with Gasteiger partial charge in [0, 0.05) is 11.1 Å². The van der Waals surface area contributed by atoms with E-state index in [4.69, 9.17) is 21.2 Å². The van der Waals surface area contributed by atoms with Crippen molar-refractivity contribution in [2.45, 2.75) is 13.8 Å². The molecule has 0 radical (unpaired) electrons. The van der Waals surface area contributed by atoms with Gasteiger partial charge in [0.15, 0.2) is 11.5 Å². The summed E-state index contributed by atoms with van der Waals surface area (Å²) >= 11 is 5.97. The molecule has 0 aliphatic carbocycles. The van der Waals surface area contributed by atoms with Crippen LogP contribution in [0, 0.1) is 19.7 Å². The van der Waals surface area contributed by atoms with E-state index < -0.39 is 11.8 Å². The highest BCUT2D eigenvalue weighted by atomic mass is 35.5. The van der Waals surface area contributed by atoms with Gasteiger partial charge in [-0.2, -0.15) is 0 Å². The van der Waals surface area contributed by atoms with Crippen LogP contribution in [-0.2, 0) is 0 Å². The van der Waals surface area contributed by atoms with Crippen molar-refractivity contribution in [1.82, 2.24) is 5.16 Å². The number of hydrogen-bond acceptors (Lipinski definition) is 3. The standard InChI is InChI=1S/C12H9ClFNO3/c1-5-3-7(13)6(2)10(11(5)14)9-4-8(12(16)17)15-18-9/h3-4H,1-2H3,(H,16,17). The van der Waals surface area contributed by atoms with Crippen LogP contribution in [0.5, 0.6) is 0 Å². The number of aromatic carboxylic acids is 1. The molecule has 2 aromatic rings. The van der Waals surface area contributed by atoms with Crippen LogP contribution in [0.15, 0.2) is 16.7 Å². The number of carboxylic acids is 1. The number of aryl methyl sites for hydroxylation is 1.